The van der Waals surface area contributed by atoms with Crippen LogP contribution in [0.5, 0.6) is 5.75 Å². The molecule has 0 radical (unpaired) electrons. The van der Waals surface area contributed by atoms with E-state index in [1.54, 1.807) is 48.5 Å². The highest BCUT2D eigenvalue weighted by atomic mass is 35.5. The number of hydrogen-bond donors (Lipinski definition) is 0. The SMILES string of the molecule is C=CC(=O)OCCCCCCOc1ccc(C#Cc2ccc(C#Cc3ccc(Cl)cc3)c(C(F)(F)F)c2)cc1. The van der Waals surface area contributed by atoms with Crippen LogP contribution in [-0.2, 0) is 15.7 Å². The first-order chi connectivity index (χ1) is 18.7. The lowest BCUT2D eigenvalue weighted by Crippen LogP contribution is -2.08. The molecular weight excluding hydrogens is 525 g/mol. The topological polar surface area (TPSA) is 35.5 Å². The zero-order chi connectivity index (χ0) is 28.1. The van der Waals surface area contributed by atoms with E-state index in [-0.39, 0.29) is 11.1 Å². The molecule has 200 valence electrons. The molecule has 0 aliphatic carbocycles. The van der Waals surface area contributed by atoms with Crippen molar-refractivity contribution >= 4 is 17.6 Å². The zero-order valence-corrected chi connectivity index (χ0v) is 21.9. The van der Waals surface area contributed by atoms with E-state index < -0.39 is 17.7 Å². The van der Waals surface area contributed by atoms with Crippen LogP contribution >= 0.6 is 11.6 Å². The molecule has 0 unspecified atom stereocenters. The van der Waals surface area contributed by atoms with E-state index >= 15 is 0 Å². The minimum Gasteiger partial charge on any atom is -0.494 e. The fourth-order valence-electron chi connectivity index (χ4n) is 3.40. The molecule has 3 aromatic rings. The van der Waals surface area contributed by atoms with Gasteiger partial charge in [-0.2, -0.15) is 13.2 Å². The summed E-state index contributed by atoms with van der Waals surface area (Å²) in [5, 5.41) is 0.524. The van der Waals surface area contributed by atoms with Crippen molar-refractivity contribution in [3.8, 4) is 29.4 Å². The van der Waals surface area contributed by atoms with Gasteiger partial charge in [0.05, 0.1) is 18.8 Å². The predicted molar refractivity (Wildman–Crippen MR) is 146 cm³/mol. The van der Waals surface area contributed by atoms with E-state index in [4.69, 9.17) is 21.1 Å². The zero-order valence-electron chi connectivity index (χ0n) is 21.1. The number of halogens is 4. The Hall–Kier alpha value is -4.13. The second-order valence-corrected chi connectivity index (χ2v) is 8.86. The lowest BCUT2D eigenvalue weighted by Gasteiger charge is -2.09. The second kappa shape index (κ2) is 14.7. The highest BCUT2D eigenvalue weighted by Crippen LogP contribution is 2.32. The highest BCUT2D eigenvalue weighted by Gasteiger charge is 2.33. The average Bonchev–Trinajstić information content (AvgIpc) is 2.93. The fraction of sp³-hybridized carbons (Fsp3) is 0.219. The van der Waals surface area contributed by atoms with Gasteiger partial charge in [-0.1, -0.05) is 41.9 Å². The molecule has 0 aromatic heterocycles. The maximum atomic E-state index is 13.7. The summed E-state index contributed by atoms with van der Waals surface area (Å²) in [6, 6.07) is 17.5. The molecule has 0 aliphatic heterocycles. The first-order valence-corrected chi connectivity index (χ1v) is 12.7. The molecule has 3 rings (SSSR count). The summed E-state index contributed by atoms with van der Waals surface area (Å²) >= 11 is 5.84. The largest absolute Gasteiger partial charge is 0.494 e. The first-order valence-electron chi connectivity index (χ1n) is 12.3. The smallest absolute Gasteiger partial charge is 0.417 e. The number of rotatable bonds is 9. The number of carbonyl (C=O) groups excluding carboxylic acids is 1. The first kappa shape index (κ1) is 29.4. The van der Waals surface area contributed by atoms with Crippen LogP contribution < -0.4 is 4.74 Å². The van der Waals surface area contributed by atoms with Crippen molar-refractivity contribution in [1.82, 2.24) is 0 Å². The summed E-state index contributed by atoms with van der Waals surface area (Å²) in [4.78, 5) is 11.0. The number of alkyl halides is 3. The van der Waals surface area contributed by atoms with Gasteiger partial charge in [-0.15, -0.1) is 0 Å². The molecule has 0 aliphatic rings. The van der Waals surface area contributed by atoms with E-state index in [2.05, 4.69) is 30.3 Å². The molecule has 0 fully saturated rings. The van der Waals surface area contributed by atoms with Gasteiger partial charge < -0.3 is 9.47 Å². The molecule has 0 bridgehead atoms. The Labute approximate surface area is 231 Å². The highest BCUT2D eigenvalue weighted by molar-refractivity contribution is 6.30. The van der Waals surface area contributed by atoms with Crippen molar-refractivity contribution < 1.29 is 27.4 Å². The molecule has 7 heteroatoms. The van der Waals surface area contributed by atoms with Crippen molar-refractivity contribution in [3.05, 3.63) is 112 Å². The van der Waals surface area contributed by atoms with Crippen LogP contribution in [0.3, 0.4) is 0 Å². The molecule has 0 spiro atoms. The van der Waals surface area contributed by atoms with Crippen LogP contribution in [0.4, 0.5) is 13.2 Å². The number of ether oxygens (including phenoxy) is 2. The summed E-state index contributed by atoms with van der Waals surface area (Å²) < 4.78 is 51.7. The monoisotopic (exact) mass is 550 g/mol. The van der Waals surface area contributed by atoms with Crippen LogP contribution in [0.2, 0.25) is 5.02 Å². The molecule has 0 atom stereocenters. The minimum atomic E-state index is -4.57. The van der Waals surface area contributed by atoms with Gasteiger partial charge >= 0.3 is 12.1 Å². The van der Waals surface area contributed by atoms with Crippen LogP contribution in [0.15, 0.2) is 79.4 Å². The van der Waals surface area contributed by atoms with E-state index in [1.165, 1.54) is 12.1 Å². The predicted octanol–water partition coefficient (Wildman–Crippen LogP) is 7.83. The fourth-order valence-corrected chi connectivity index (χ4v) is 3.52. The Morgan fingerprint density at radius 1 is 0.795 bits per heavy atom. The Kier molecular flexibility index (Phi) is 11.1. The number of benzene rings is 3. The Morgan fingerprint density at radius 3 is 2.00 bits per heavy atom. The van der Waals surface area contributed by atoms with Crippen LogP contribution in [-0.4, -0.2) is 19.2 Å². The minimum absolute atomic E-state index is 0.124. The molecule has 0 N–H and O–H groups in total. The molecule has 3 nitrogen and oxygen atoms in total. The van der Waals surface area contributed by atoms with Crippen LogP contribution in [0.25, 0.3) is 0 Å². The van der Waals surface area contributed by atoms with E-state index in [1.807, 2.05) is 0 Å². The van der Waals surface area contributed by atoms with Crippen LogP contribution in [0.1, 0.15) is 53.5 Å². The van der Waals surface area contributed by atoms with Crippen molar-refractivity contribution in [3.63, 3.8) is 0 Å². The third kappa shape index (κ3) is 10.3. The van der Waals surface area contributed by atoms with E-state index in [0.29, 0.717) is 35.1 Å². The Bertz CT molecular complexity index is 1390. The summed E-state index contributed by atoms with van der Waals surface area (Å²) in [5.74, 6) is 11.3. The number of esters is 1. The van der Waals surface area contributed by atoms with Gasteiger partial charge in [0.2, 0.25) is 0 Å². The molecule has 3 aromatic carbocycles. The lowest BCUT2D eigenvalue weighted by molar-refractivity contribution is -0.138. The third-order valence-corrected chi connectivity index (χ3v) is 5.69. The van der Waals surface area contributed by atoms with Gasteiger partial charge in [0.1, 0.15) is 5.75 Å². The summed E-state index contributed by atoms with van der Waals surface area (Å²) in [7, 11) is 0. The van der Waals surface area contributed by atoms with Gasteiger partial charge in [0.15, 0.2) is 0 Å². The third-order valence-electron chi connectivity index (χ3n) is 5.43. The van der Waals surface area contributed by atoms with Crippen molar-refractivity contribution in [2.45, 2.75) is 31.9 Å². The van der Waals surface area contributed by atoms with Crippen molar-refractivity contribution in [2.75, 3.05) is 13.2 Å². The summed E-state index contributed by atoms with van der Waals surface area (Å²) in [5.41, 5.74) is 0.487. The Balaban J connectivity index is 1.55. The maximum absolute atomic E-state index is 13.7. The molecule has 0 saturated carbocycles. The van der Waals surface area contributed by atoms with Gasteiger partial charge in [0.25, 0.3) is 0 Å². The van der Waals surface area contributed by atoms with Crippen LogP contribution in [0, 0.1) is 23.7 Å². The second-order valence-electron chi connectivity index (χ2n) is 8.42. The molecular formula is C32H26ClF3O3. The van der Waals surface area contributed by atoms with E-state index in [9.17, 15) is 18.0 Å². The van der Waals surface area contributed by atoms with Gasteiger partial charge in [0, 0.05) is 33.4 Å². The number of unbranched alkanes of at least 4 members (excludes halogenated alkanes) is 3. The van der Waals surface area contributed by atoms with Gasteiger partial charge in [-0.05, 0) is 92.4 Å². The normalized spacial score (nSPS) is 10.5. The van der Waals surface area contributed by atoms with Crippen molar-refractivity contribution in [2.24, 2.45) is 0 Å². The molecule has 0 saturated heterocycles. The quantitative estimate of drug-likeness (QED) is 0.118. The van der Waals surface area contributed by atoms with E-state index in [0.717, 1.165) is 37.8 Å². The number of carbonyl (C=O) groups is 1. The number of hydrogen-bond acceptors (Lipinski definition) is 3. The maximum Gasteiger partial charge on any atom is 0.417 e. The Morgan fingerprint density at radius 2 is 1.36 bits per heavy atom. The summed E-state index contributed by atoms with van der Waals surface area (Å²) in [6.45, 7) is 4.28. The lowest BCUT2D eigenvalue weighted by atomic mass is 10.0. The van der Waals surface area contributed by atoms with Gasteiger partial charge in [-0.25, -0.2) is 4.79 Å². The molecule has 39 heavy (non-hydrogen) atoms. The summed E-state index contributed by atoms with van der Waals surface area (Å²) in [6.07, 6.45) is 0.0936. The van der Waals surface area contributed by atoms with Gasteiger partial charge in [-0.3, -0.25) is 0 Å². The van der Waals surface area contributed by atoms with Crippen molar-refractivity contribution in [1.29, 1.82) is 0 Å². The standard InChI is InChI=1S/C32H26ClF3O3/c1-2-31(37)39-22-6-4-3-5-21-38-29-19-13-24(14-20-29)7-8-26-10-16-27(30(23-26)32(34,35)36)15-9-25-11-17-28(33)18-12-25/h2,10-14,16-20,23H,1,3-6,21-22H2. The molecule has 0 amide bonds. The average molecular weight is 551 g/mol. The molecule has 0 heterocycles.